The van der Waals surface area contributed by atoms with Gasteiger partial charge >= 0.3 is 0 Å². The monoisotopic (exact) mass is 252 g/mol. The lowest BCUT2D eigenvalue weighted by Crippen LogP contribution is -2.30. The van der Waals surface area contributed by atoms with E-state index in [0.717, 1.165) is 30.9 Å². The van der Waals surface area contributed by atoms with Crippen molar-refractivity contribution in [3.63, 3.8) is 0 Å². The van der Waals surface area contributed by atoms with Gasteiger partial charge in [-0.05, 0) is 30.2 Å². The second-order valence-corrected chi connectivity index (χ2v) is 3.94. The number of aromatic hydroxyl groups is 1. The molecule has 0 bridgehead atoms. The Morgan fingerprint density at radius 3 is 2.88 bits per heavy atom. The van der Waals surface area contributed by atoms with Gasteiger partial charge in [0.2, 0.25) is 0 Å². The van der Waals surface area contributed by atoms with Gasteiger partial charge in [-0.2, -0.15) is 0 Å². The third-order valence-electron chi connectivity index (χ3n) is 2.61. The molecule has 92 valence electrons. The van der Waals surface area contributed by atoms with E-state index >= 15 is 0 Å². The van der Waals surface area contributed by atoms with Crippen molar-refractivity contribution in [1.29, 1.82) is 0 Å². The van der Waals surface area contributed by atoms with E-state index < -0.39 is 0 Å². The molecule has 1 N–H and O–H groups in total. The smallest absolute Gasteiger partial charge is 0.123 e. The number of hydrogen-bond acceptors (Lipinski definition) is 3. The molecule has 0 atom stereocenters. The van der Waals surface area contributed by atoms with Gasteiger partial charge in [-0.1, -0.05) is 18.2 Å². The molecule has 3 nitrogen and oxygen atoms in total. The molecule has 0 amide bonds. The molecule has 0 unspecified atom stereocenters. The van der Waals surface area contributed by atoms with Crippen LogP contribution in [-0.4, -0.2) is 36.0 Å². The quantitative estimate of drug-likeness (QED) is 0.878. The van der Waals surface area contributed by atoms with E-state index in [1.54, 1.807) is 12.1 Å². The Hall–Kier alpha value is -1.48. The van der Waals surface area contributed by atoms with Crippen molar-refractivity contribution in [3.05, 3.63) is 35.9 Å². The summed E-state index contributed by atoms with van der Waals surface area (Å²) in [5, 5.41) is 9.33. The van der Waals surface area contributed by atoms with Crippen LogP contribution in [0.1, 0.15) is 12.0 Å². The highest BCUT2D eigenvalue weighted by atomic mass is 35.5. The molecule has 1 aliphatic heterocycles. The first-order valence-corrected chi connectivity index (χ1v) is 5.48. The summed E-state index contributed by atoms with van der Waals surface area (Å²) in [6.07, 6.45) is 5.09. The first kappa shape index (κ1) is 13.6. The van der Waals surface area contributed by atoms with Crippen molar-refractivity contribution in [2.45, 2.75) is 6.42 Å². The summed E-state index contributed by atoms with van der Waals surface area (Å²) >= 11 is 0. The summed E-state index contributed by atoms with van der Waals surface area (Å²) in [6.45, 7) is 1.97. The highest BCUT2D eigenvalue weighted by Gasteiger charge is 2.06. The van der Waals surface area contributed by atoms with E-state index in [1.165, 1.54) is 0 Å². The second-order valence-electron chi connectivity index (χ2n) is 3.94. The van der Waals surface area contributed by atoms with E-state index in [9.17, 15) is 5.11 Å². The SMILES string of the molecule is CN1CCCN=C1/C=C/c1cccc(O)c1.Cl. The minimum absolute atomic E-state index is 0. The first-order chi connectivity index (χ1) is 7.75. The summed E-state index contributed by atoms with van der Waals surface area (Å²) in [4.78, 5) is 6.58. The predicted octanol–water partition coefficient (Wildman–Crippen LogP) is 2.56. The average Bonchev–Trinajstić information content (AvgIpc) is 2.28. The minimum atomic E-state index is 0. The number of phenolic OH excluding ortho intramolecular Hbond substituents is 1. The predicted molar refractivity (Wildman–Crippen MR) is 73.9 cm³/mol. The number of hydrogen-bond donors (Lipinski definition) is 1. The molecule has 0 saturated carbocycles. The van der Waals surface area contributed by atoms with Crippen molar-refractivity contribution in [1.82, 2.24) is 4.90 Å². The van der Waals surface area contributed by atoms with Crippen LogP contribution >= 0.6 is 12.4 Å². The zero-order valence-corrected chi connectivity index (χ0v) is 10.7. The number of halogens is 1. The fraction of sp³-hybridized carbons (Fsp3) is 0.308. The van der Waals surface area contributed by atoms with Crippen LogP contribution in [0.15, 0.2) is 35.3 Å². The van der Waals surface area contributed by atoms with Crippen molar-refractivity contribution < 1.29 is 5.11 Å². The molecule has 1 aromatic carbocycles. The summed E-state index contributed by atoms with van der Waals surface area (Å²) in [7, 11) is 2.05. The van der Waals surface area contributed by atoms with E-state index in [0.29, 0.717) is 5.75 Å². The molecule has 1 aromatic rings. The topological polar surface area (TPSA) is 35.8 Å². The Bertz CT molecular complexity index is 429. The largest absolute Gasteiger partial charge is 0.508 e. The molecule has 0 radical (unpaired) electrons. The highest BCUT2D eigenvalue weighted by molar-refractivity contribution is 5.96. The van der Waals surface area contributed by atoms with Gasteiger partial charge in [0.05, 0.1) is 0 Å². The molecule has 4 heteroatoms. The van der Waals surface area contributed by atoms with Crippen molar-refractivity contribution >= 4 is 24.3 Å². The number of phenols is 1. The summed E-state index contributed by atoms with van der Waals surface area (Å²) in [5.74, 6) is 1.30. The number of nitrogens with zero attached hydrogens (tertiary/aromatic N) is 2. The van der Waals surface area contributed by atoms with Gasteiger partial charge < -0.3 is 10.0 Å². The Morgan fingerprint density at radius 2 is 2.18 bits per heavy atom. The fourth-order valence-electron chi connectivity index (χ4n) is 1.72. The molecule has 0 spiro atoms. The van der Waals surface area contributed by atoms with E-state index in [4.69, 9.17) is 0 Å². The van der Waals surface area contributed by atoms with E-state index in [1.807, 2.05) is 31.3 Å². The first-order valence-electron chi connectivity index (χ1n) is 5.48. The standard InChI is InChI=1S/C13H16N2O.ClH/c1-15-9-3-8-14-13(15)7-6-11-4-2-5-12(16)10-11;/h2,4-7,10,16H,3,8-9H2,1H3;1H/b7-6+;. The average molecular weight is 253 g/mol. The van der Waals surface area contributed by atoms with Gasteiger partial charge in [0, 0.05) is 20.1 Å². The lowest BCUT2D eigenvalue weighted by molar-refractivity contribution is 0.470. The summed E-state index contributed by atoms with van der Waals surface area (Å²) in [5.41, 5.74) is 0.988. The van der Waals surface area contributed by atoms with Crippen molar-refractivity contribution in [2.24, 2.45) is 4.99 Å². The number of aliphatic imine (C=N–C) groups is 1. The second kappa shape index (κ2) is 6.30. The normalized spacial score (nSPS) is 15.6. The van der Waals surface area contributed by atoms with Gasteiger partial charge in [-0.15, -0.1) is 12.4 Å². The van der Waals surface area contributed by atoms with Crippen LogP contribution < -0.4 is 0 Å². The van der Waals surface area contributed by atoms with E-state index in [2.05, 4.69) is 9.89 Å². The van der Waals surface area contributed by atoms with Crippen LogP contribution in [0, 0.1) is 0 Å². The van der Waals surface area contributed by atoms with Crippen molar-refractivity contribution in [3.8, 4) is 5.75 Å². The summed E-state index contributed by atoms with van der Waals surface area (Å²) < 4.78 is 0. The molecular weight excluding hydrogens is 236 g/mol. The molecular formula is C13H17ClN2O. The lowest BCUT2D eigenvalue weighted by Gasteiger charge is -2.22. The van der Waals surface area contributed by atoms with Crippen LogP contribution in [0.3, 0.4) is 0 Å². The molecule has 0 saturated heterocycles. The fourth-order valence-corrected chi connectivity index (χ4v) is 1.72. The number of benzene rings is 1. The molecule has 2 rings (SSSR count). The maximum absolute atomic E-state index is 9.33. The third-order valence-corrected chi connectivity index (χ3v) is 2.61. The Kier molecular flexibility index (Phi) is 5.04. The zero-order chi connectivity index (χ0) is 11.4. The third kappa shape index (κ3) is 3.79. The van der Waals surface area contributed by atoms with Crippen LogP contribution in [-0.2, 0) is 0 Å². The molecule has 0 aromatic heterocycles. The maximum atomic E-state index is 9.33. The Labute approximate surface area is 108 Å². The number of likely N-dealkylation sites (N-methyl/N-ethyl adjacent to an activating group) is 1. The number of amidine groups is 1. The highest BCUT2D eigenvalue weighted by Crippen LogP contribution is 2.12. The van der Waals surface area contributed by atoms with Gasteiger partial charge in [0.25, 0.3) is 0 Å². The number of rotatable bonds is 2. The Balaban J connectivity index is 0.00000144. The molecule has 0 aliphatic carbocycles. The van der Waals surface area contributed by atoms with Crippen LogP contribution in [0.25, 0.3) is 6.08 Å². The van der Waals surface area contributed by atoms with E-state index in [-0.39, 0.29) is 12.4 Å². The van der Waals surface area contributed by atoms with Crippen LogP contribution in [0.4, 0.5) is 0 Å². The summed E-state index contributed by atoms with van der Waals surface area (Å²) in [6, 6.07) is 7.20. The van der Waals surface area contributed by atoms with Crippen LogP contribution in [0.2, 0.25) is 0 Å². The maximum Gasteiger partial charge on any atom is 0.123 e. The molecule has 0 fully saturated rings. The molecule has 17 heavy (non-hydrogen) atoms. The molecule has 1 heterocycles. The van der Waals surface area contributed by atoms with Crippen molar-refractivity contribution in [2.75, 3.05) is 20.1 Å². The molecule has 1 aliphatic rings. The van der Waals surface area contributed by atoms with Crippen LogP contribution in [0.5, 0.6) is 5.75 Å². The zero-order valence-electron chi connectivity index (χ0n) is 9.84. The van der Waals surface area contributed by atoms with Gasteiger partial charge in [-0.25, -0.2) is 0 Å². The lowest BCUT2D eigenvalue weighted by atomic mass is 10.2. The van der Waals surface area contributed by atoms with Gasteiger partial charge in [0.15, 0.2) is 0 Å². The van der Waals surface area contributed by atoms with Gasteiger partial charge in [-0.3, -0.25) is 4.99 Å². The van der Waals surface area contributed by atoms with Gasteiger partial charge in [0.1, 0.15) is 11.6 Å². The minimum Gasteiger partial charge on any atom is -0.508 e. The Morgan fingerprint density at radius 1 is 1.35 bits per heavy atom.